The first-order valence-corrected chi connectivity index (χ1v) is 6.55. The van der Waals surface area contributed by atoms with E-state index in [9.17, 15) is 0 Å². The Bertz CT molecular complexity index is 693. The third-order valence-corrected chi connectivity index (χ3v) is 3.32. The van der Waals surface area contributed by atoms with E-state index in [1.54, 1.807) is 0 Å². The normalized spacial score (nSPS) is 9.45. The fourth-order valence-corrected chi connectivity index (χ4v) is 2.40. The number of hydrogen-bond donors (Lipinski definition) is 2. The van der Waals surface area contributed by atoms with E-state index >= 15 is 0 Å². The molecule has 4 heteroatoms. The molecule has 0 aromatic heterocycles. The SMILES string of the molecule is Br.Br.Nc1cccc(-c2ccccc2-c2cccc(N)c2)c1. The van der Waals surface area contributed by atoms with Crippen LogP contribution in [0.1, 0.15) is 0 Å². The molecular formula is C18H18Br2N2. The molecule has 0 heterocycles. The van der Waals surface area contributed by atoms with Gasteiger partial charge in [-0.15, -0.1) is 34.0 Å². The Balaban J connectivity index is 0.00000121. The first-order valence-electron chi connectivity index (χ1n) is 6.55. The number of rotatable bonds is 2. The van der Waals surface area contributed by atoms with E-state index in [4.69, 9.17) is 11.5 Å². The Morgan fingerprint density at radius 2 is 0.909 bits per heavy atom. The summed E-state index contributed by atoms with van der Waals surface area (Å²) in [5.41, 5.74) is 17.9. The minimum absolute atomic E-state index is 0. The predicted octanol–water partition coefficient (Wildman–Crippen LogP) is 5.34. The van der Waals surface area contributed by atoms with Crippen LogP contribution in [0, 0.1) is 0 Å². The molecule has 4 N–H and O–H groups in total. The van der Waals surface area contributed by atoms with Gasteiger partial charge in [-0.25, -0.2) is 0 Å². The zero-order valence-corrected chi connectivity index (χ0v) is 15.3. The molecule has 3 aromatic rings. The molecule has 22 heavy (non-hydrogen) atoms. The number of nitrogens with two attached hydrogens (primary N) is 2. The standard InChI is InChI=1S/C18H16N2.2BrH/c19-15-7-3-5-13(11-15)17-9-1-2-10-18(17)14-6-4-8-16(20)12-14;;/h1-12H,19-20H2;2*1H. The summed E-state index contributed by atoms with van der Waals surface area (Å²) in [6.45, 7) is 0. The predicted molar refractivity (Wildman–Crippen MR) is 107 cm³/mol. The van der Waals surface area contributed by atoms with Crippen molar-refractivity contribution >= 4 is 45.3 Å². The van der Waals surface area contributed by atoms with Crippen molar-refractivity contribution in [3.05, 3.63) is 72.8 Å². The highest BCUT2D eigenvalue weighted by atomic mass is 79.9. The summed E-state index contributed by atoms with van der Waals surface area (Å²) in [4.78, 5) is 0. The van der Waals surface area contributed by atoms with Crippen molar-refractivity contribution in [3.63, 3.8) is 0 Å². The average molecular weight is 422 g/mol. The van der Waals surface area contributed by atoms with Gasteiger partial charge in [0.15, 0.2) is 0 Å². The minimum atomic E-state index is 0. The lowest BCUT2D eigenvalue weighted by Gasteiger charge is -2.11. The average Bonchev–Trinajstić information content (AvgIpc) is 2.47. The van der Waals surface area contributed by atoms with Crippen molar-refractivity contribution in [2.24, 2.45) is 0 Å². The lowest BCUT2D eigenvalue weighted by Crippen LogP contribution is -1.89. The summed E-state index contributed by atoms with van der Waals surface area (Å²) < 4.78 is 0. The summed E-state index contributed by atoms with van der Waals surface area (Å²) in [6.07, 6.45) is 0. The molecule has 0 unspecified atom stereocenters. The second-order valence-corrected chi connectivity index (χ2v) is 4.80. The smallest absolute Gasteiger partial charge is 0.0320 e. The van der Waals surface area contributed by atoms with Crippen LogP contribution in [0.3, 0.4) is 0 Å². The zero-order valence-electron chi connectivity index (χ0n) is 11.9. The first kappa shape index (κ1) is 18.3. The first-order chi connectivity index (χ1) is 9.74. The van der Waals surface area contributed by atoms with E-state index in [0.29, 0.717) is 0 Å². The summed E-state index contributed by atoms with van der Waals surface area (Å²) in [7, 11) is 0. The maximum atomic E-state index is 5.89. The molecule has 0 bridgehead atoms. The Morgan fingerprint density at radius 1 is 0.500 bits per heavy atom. The molecule has 0 aliphatic carbocycles. The van der Waals surface area contributed by atoms with Gasteiger partial charge in [-0.3, -0.25) is 0 Å². The molecule has 0 aliphatic rings. The topological polar surface area (TPSA) is 52.0 Å². The monoisotopic (exact) mass is 420 g/mol. The lowest BCUT2D eigenvalue weighted by atomic mass is 9.94. The molecule has 3 rings (SSSR count). The maximum absolute atomic E-state index is 5.89. The van der Waals surface area contributed by atoms with Crippen LogP contribution in [0.25, 0.3) is 22.3 Å². The van der Waals surface area contributed by atoms with Gasteiger partial charge in [0.05, 0.1) is 0 Å². The lowest BCUT2D eigenvalue weighted by molar-refractivity contribution is 1.58. The molecule has 3 aromatic carbocycles. The molecule has 0 spiro atoms. The fourth-order valence-electron chi connectivity index (χ4n) is 2.40. The van der Waals surface area contributed by atoms with Crippen molar-refractivity contribution in [3.8, 4) is 22.3 Å². The van der Waals surface area contributed by atoms with Crippen molar-refractivity contribution in [2.45, 2.75) is 0 Å². The van der Waals surface area contributed by atoms with E-state index in [-0.39, 0.29) is 34.0 Å². The third-order valence-electron chi connectivity index (χ3n) is 3.32. The Morgan fingerprint density at radius 3 is 1.27 bits per heavy atom. The second kappa shape index (κ2) is 8.01. The quantitative estimate of drug-likeness (QED) is 0.548. The molecule has 0 fully saturated rings. The largest absolute Gasteiger partial charge is 0.399 e. The Labute approximate surface area is 151 Å². The van der Waals surface area contributed by atoms with Crippen molar-refractivity contribution in [2.75, 3.05) is 11.5 Å². The maximum Gasteiger partial charge on any atom is 0.0320 e. The van der Waals surface area contributed by atoms with Gasteiger partial charge >= 0.3 is 0 Å². The van der Waals surface area contributed by atoms with Crippen LogP contribution in [-0.4, -0.2) is 0 Å². The second-order valence-electron chi connectivity index (χ2n) is 4.80. The number of halogens is 2. The van der Waals surface area contributed by atoms with E-state index in [2.05, 4.69) is 24.3 Å². The van der Waals surface area contributed by atoms with Crippen molar-refractivity contribution < 1.29 is 0 Å². The molecule has 0 amide bonds. The van der Waals surface area contributed by atoms with E-state index in [1.807, 2.05) is 48.5 Å². The van der Waals surface area contributed by atoms with Gasteiger partial charge in [-0.05, 0) is 46.5 Å². The van der Waals surface area contributed by atoms with Crippen LogP contribution in [0.2, 0.25) is 0 Å². The highest BCUT2D eigenvalue weighted by Crippen LogP contribution is 2.33. The number of anilines is 2. The molecule has 0 radical (unpaired) electrons. The van der Waals surface area contributed by atoms with Crippen LogP contribution in [0.5, 0.6) is 0 Å². The fraction of sp³-hybridized carbons (Fsp3) is 0. The van der Waals surface area contributed by atoms with Crippen LogP contribution in [-0.2, 0) is 0 Å². The molecule has 0 atom stereocenters. The van der Waals surface area contributed by atoms with Gasteiger partial charge in [0.1, 0.15) is 0 Å². The summed E-state index contributed by atoms with van der Waals surface area (Å²) in [5.74, 6) is 0. The van der Waals surface area contributed by atoms with E-state index in [1.165, 1.54) is 0 Å². The minimum Gasteiger partial charge on any atom is -0.399 e. The number of hydrogen-bond acceptors (Lipinski definition) is 2. The zero-order chi connectivity index (χ0) is 13.9. The van der Waals surface area contributed by atoms with E-state index < -0.39 is 0 Å². The van der Waals surface area contributed by atoms with Crippen LogP contribution in [0.15, 0.2) is 72.8 Å². The number of nitrogen functional groups attached to an aromatic ring is 2. The molecule has 114 valence electrons. The van der Waals surface area contributed by atoms with Crippen molar-refractivity contribution in [1.29, 1.82) is 0 Å². The van der Waals surface area contributed by atoms with Gasteiger partial charge in [-0.1, -0.05) is 48.5 Å². The summed E-state index contributed by atoms with van der Waals surface area (Å²) in [6, 6.07) is 24.1. The molecule has 0 saturated carbocycles. The van der Waals surface area contributed by atoms with Gasteiger partial charge in [-0.2, -0.15) is 0 Å². The van der Waals surface area contributed by atoms with Crippen LogP contribution in [0.4, 0.5) is 11.4 Å². The van der Waals surface area contributed by atoms with Crippen molar-refractivity contribution in [1.82, 2.24) is 0 Å². The Kier molecular flexibility index (Phi) is 6.65. The van der Waals surface area contributed by atoms with Crippen LogP contribution < -0.4 is 11.5 Å². The van der Waals surface area contributed by atoms with E-state index in [0.717, 1.165) is 33.6 Å². The van der Waals surface area contributed by atoms with Gasteiger partial charge in [0.2, 0.25) is 0 Å². The molecular weight excluding hydrogens is 404 g/mol. The summed E-state index contributed by atoms with van der Waals surface area (Å²) >= 11 is 0. The number of benzene rings is 3. The van der Waals surface area contributed by atoms with Gasteiger partial charge < -0.3 is 11.5 Å². The highest BCUT2D eigenvalue weighted by molar-refractivity contribution is 8.93. The third kappa shape index (κ3) is 3.90. The molecule has 2 nitrogen and oxygen atoms in total. The molecule has 0 saturated heterocycles. The summed E-state index contributed by atoms with van der Waals surface area (Å²) in [5, 5.41) is 0. The highest BCUT2D eigenvalue weighted by Gasteiger charge is 2.07. The Hall–Kier alpha value is -1.78. The van der Waals surface area contributed by atoms with Gasteiger partial charge in [0, 0.05) is 11.4 Å². The van der Waals surface area contributed by atoms with Crippen LogP contribution >= 0.6 is 34.0 Å². The molecule has 0 aliphatic heterocycles. The van der Waals surface area contributed by atoms with Gasteiger partial charge in [0.25, 0.3) is 0 Å².